The van der Waals surface area contributed by atoms with Crippen molar-refractivity contribution in [1.82, 2.24) is 14.8 Å². The summed E-state index contributed by atoms with van der Waals surface area (Å²) in [6.07, 6.45) is 1.28. The van der Waals surface area contributed by atoms with Crippen LogP contribution in [0.25, 0.3) is 0 Å². The number of ketones is 1. The highest BCUT2D eigenvalue weighted by atomic mass is 35.5. The molecule has 0 saturated heterocycles. The Morgan fingerprint density at radius 2 is 1.77 bits per heavy atom. The Bertz CT molecular complexity index is 1550. The third-order valence-corrected chi connectivity index (χ3v) is 8.33. The zero-order valence-electron chi connectivity index (χ0n) is 21.9. The number of aromatic nitrogens is 3. The lowest BCUT2D eigenvalue weighted by atomic mass is 9.73. The van der Waals surface area contributed by atoms with Crippen molar-refractivity contribution >= 4 is 35.1 Å². The zero-order valence-corrected chi connectivity index (χ0v) is 23.4. The van der Waals surface area contributed by atoms with Crippen LogP contribution in [0.5, 0.6) is 5.75 Å². The van der Waals surface area contributed by atoms with E-state index in [4.69, 9.17) is 26.4 Å². The topological polar surface area (TPSA) is 69.0 Å². The van der Waals surface area contributed by atoms with Crippen molar-refractivity contribution in [3.05, 3.63) is 112 Å². The SMILES string of the molecule is CC1(C)CC(=O)C2=C(C1)Nc1nc(SCc3ccccc3Cl)nn1C2c1ccc(OCc2ccccc2)cc1. The number of rotatable bonds is 7. The second-order valence-corrected chi connectivity index (χ2v) is 12.1. The molecule has 1 aliphatic carbocycles. The zero-order chi connectivity index (χ0) is 27.0. The average molecular weight is 557 g/mol. The summed E-state index contributed by atoms with van der Waals surface area (Å²) in [5, 5.41) is 9.67. The summed E-state index contributed by atoms with van der Waals surface area (Å²) in [5.74, 6) is 2.22. The van der Waals surface area contributed by atoms with Gasteiger partial charge in [0.05, 0.1) is 0 Å². The monoisotopic (exact) mass is 556 g/mol. The minimum Gasteiger partial charge on any atom is -0.489 e. The molecule has 1 unspecified atom stereocenters. The fourth-order valence-corrected chi connectivity index (χ4v) is 6.32. The molecule has 0 amide bonds. The molecule has 6 rings (SSSR count). The normalized spacial score (nSPS) is 17.8. The number of Topliss-reactive ketones (excluding diaryl/α,β-unsaturated/α-hetero) is 1. The lowest BCUT2D eigenvalue weighted by molar-refractivity contribution is -0.118. The number of benzene rings is 3. The lowest BCUT2D eigenvalue weighted by Gasteiger charge is -2.38. The van der Waals surface area contributed by atoms with Crippen LogP contribution in [0.3, 0.4) is 0 Å². The highest BCUT2D eigenvalue weighted by molar-refractivity contribution is 7.98. The van der Waals surface area contributed by atoms with Crippen LogP contribution in [0.1, 0.15) is 49.4 Å². The van der Waals surface area contributed by atoms with E-state index in [1.54, 1.807) is 0 Å². The molecule has 0 bridgehead atoms. The smallest absolute Gasteiger partial charge is 0.227 e. The standard InChI is InChI=1S/C31H29ClN4O2S/c1-31(2)16-25-27(26(37)17-31)28(21-12-14-23(15-13-21)38-18-20-8-4-3-5-9-20)36-29(33-25)34-30(35-36)39-19-22-10-6-7-11-24(22)32/h3-15,28H,16-19H2,1-2H3,(H,33,34,35). The quantitative estimate of drug-likeness (QED) is 0.238. The van der Waals surface area contributed by atoms with Crippen LogP contribution in [0.15, 0.2) is 95.3 Å². The number of carbonyl (C=O) groups is 1. The van der Waals surface area contributed by atoms with Crippen LogP contribution >= 0.6 is 23.4 Å². The number of nitrogens with zero attached hydrogens (tertiary/aromatic N) is 3. The Morgan fingerprint density at radius 3 is 2.54 bits per heavy atom. The largest absolute Gasteiger partial charge is 0.489 e. The second kappa shape index (κ2) is 10.5. The summed E-state index contributed by atoms with van der Waals surface area (Å²) in [4.78, 5) is 18.3. The van der Waals surface area contributed by atoms with Gasteiger partial charge in [-0.25, -0.2) is 4.68 Å². The number of allylic oxidation sites excluding steroid dienone is 2. The first-order valence-electron chi connectivity index (χ1n) is 13.0. The molecule has 0 spiro atoms. The van der Waals surface area contributed by atoms with E-state index in [-0.39, 0.29) is 17.2 Å². The fourth-order valence-electron chi connectivity index (χ4n) is 5.20. The van der Waals surface area contributed by atoms with Crippen molar-refractivity contribution in [1.29, 1.82) is 0 Å². The Kier molecular flexibility index (Phi) is 6.95. The number of hydrogen-bond donors (Lipinski definition) is 1. The predicted molar refractivity (Wildman–Crippen MR) is 155 cm³/mol. The van der Waals surface area contributed by atoms with E-state index in [1.807, 2.05) is 83.5 Å². The molecule has 6 nitrogen and oxygen atoms in total. The average Bonchev–Trinajstić information content (AvgIpc) is 3.33. The first kappa shape index (κ1) is 25.7. The molecule has 3 aromatic carbocycles. The van der Waals surface area contributed by atoms with Crippen molar-refractivity contribution in [3.63, 3.8) is 0 Å². The Balaban J connectivity index is 1.30. The Labute approximate surface area is 237 Å². The summed E-state index contributed by atoms with van der Waals surface area (Å²) in [5.41, 5.74) is 4.70. The maximum atomic E-state index is 13.5. The van der Waals surface area contributed by atoms with Crippen LogP contribution in [-0.2, 0) is 17.2 Å². The van der Waals surface area contributed by atoms with Crippen molar-refractivity contribution in [3.8, 4) is 5.75 Å². The summed E-state index contributed by atoms with van der Waals surface area (Å²) in [7, 11) is 0. The Hall–Kier alpha value is -3.55. The van der Waals surface area contributed by atoms with Crippen LogP contribution in [0, 0.1) is 5.41 Å². The molecular formula is C31H29ClN4O2S. The van der Waals surface area contributed by atoms with E-state index in [9.17, 15) is 4.79 Å². The van der Waals surface area contributed by atoms with Gasteiger partial charge in [0.25, 0.3) is 0 Å². The summed E-state index contributed by atoms with van der Waals surface area (Å²) in [6, 6.07) is 25.5. The van der Waals surface area contributed by atoms with Crippen LogP contribution < -0.4 is 10.1 Å². The van der Waals surface area contributed by atoms with Gasteiger partial charge in [-0.1, -0.05) is 97.9 Å². The van der Waals surface area contributed by atoms with E-state index in [2.05, 4.69) is 19.2 Å². The van der Waals surface area contributed by atoms with Crippen molar-refractivity contribution in [2.45, 2.75) is 50.2 Å². The van der Waals surface area contributed by atoms with Gasteiger partial charge in [-0.2, -0.15) is 4.98 Å². The van der Waals surface area contributed by atoms with E-state index < -0.39 is 0 Å². The van der Waals surface area contributed by atoms with Crippen molar-refractivity contribution in [2.24, 2.45) is 5.41 Å². The highest BCUT2D eigenvalue weighted by Gasteiger charge is 2.41. The highest BCUT2D eigenvalue weighted by Crippen LogP contribution is 2.46. The molecule has 0 radical (unpaired) electrons. The lowest BCUT2D eigenvalue weighted by Crippen LogP contribution is -2.36. The van der Waals surface area contributed by atoms with E-state index in [0.29, 0.717) is 29.9 Å². The Morgan fingerprint density at radius 1 is 1.03 bits per heavy atom. The molecule has 1 atom stereocenters. The number of halogens is 1. The van der Waals surface area contributed by atoms with Gasteiger partial charge in [-0.05, 0) is 46.7 Å². The minimum absolute atomic E-state index is 0.119. The van der Waals surface area contributed by atoms with Gasteiger partial charge < -0.3 is 10.1 Å². The van der Waals surface area contributed by atoms with E-state index in [1.165, 1.54) is 11.8 Å². The minimum atomic E-state index is -0.356. The van der Waals surface area contributed by atoms with Gasteiger partial charge >= 0.3 is 0 Å². The van der Waals surface area contributed by atoms with Crippen molar-refractivity contribution < 1.29 is 9.53 Å². The molecule has 1 aromatic heterocycles. The molecule has 1 aliphatic heterocycles. The third-order valence-electron chi connectivity index (χ3n) is 7.07. The maximum absolute atomic E-state index is 13.5. The molecular weight excluding hydrogens is 528 g/mol. The molecule has 1 N–H and O–H groups in total. The van der Waals surface area contributed by atoms with E-state index >= 15 is 0 Å². The molecule has 198 valence electrons. The molecule has 2 heterocycles. The molecule has 2 aliphatic rings. The van der Waals surface area contributed by atoms with Gasteiger partial charge in [0.1, 0.15) is 18.4 Å². The fraction of sp³-hybridized carbons (Fsp3) is 0.258. The van der Waals surface area contributed by atoms with Gasteiger partial charge in [-0.3, -0.25) is 4.79 Å². The summed E-state index contributed by atoms with van der Waals surface area (Å²) >= 11 is 7.89. The van der Waals surface area contributed by atoms with Gasteiger partial charge in [0, 0.05) is 28.5 Å². The maximum Gasteiger partial charge on any atom is 0.227 e. The first-order chi connectivity index (χ1) is 18.9. The number of anilines is 1. The molecule has 4 aromatic rings. The molecule has 0 saturated carbocycles. The molecule has 8 heteroatoms. The molecule has 39 heavy (non-hydrogen) atoms. The van der Waals surface area contributed by atoms with Crippen LogP contribution in [-0.4, -0.2) is 20.5 Å². The number of hydrogen-bond acceptors (Lipinski definition) is 6. The van der Waals surface area contributed by atoms with Crippen LogP contribution in [0.2, 0.25) is 5.02 Å². The molecule has 0 fully saturated rings. The van der Waals surface area contributed by atoms with Crippen LogP contribution in [0.4, 0.5) is 5.95 Å². The number of ether oxygens (including phenoxy) is 1. The first-order valence-corrected chi connectivity index (χ1v) is 14.4. The summed E-state index contributed by atoms with van der Waals surface area (Å²) < 4.78 is 7.86. The van der Waals surface area contributed by atoms with Gasteiger partial charge in [-0.15, -0.1) is 5.10 Å². The van der Waals surface area contributed by atoms with E-state index in [0.717, 1.165) is 45.2 Å². The number of carbonyl (C=O) groups excluding carboxylic acids is 1. The van der Waals surface area contributed by atoms with Gasteiger partial charge in [0.15, 0.2) is 5.78 Å². The predicted octanol–water partition coefficient (Wildman–Crippen LogP) is 7.46. The summed E-state index contributed by atoms with van der Waals surface area (Å²) in [6.45, 7) is 4.76. The number of fused-ring (bicyclic) bond motifs is 1. The third kappa shape index (κ3) is 5.47. The van der Waals surface area contributed by atoms with Gasteiger partial charge in [0.2, 0.25) is 11.1 Å². The number of nitrogens with one attached hydrogen (secondary N) is 1. The second-order valence-electron chi connectivity index (χ2n) is 10.7. The number of thioether (sulfide) groups is 1. The van der Waals surface area contributed by atoms with Crippen molar-refractivity contribution in [2.75, 3.05) is 5.32 Å².